The Balaban J connectivity index is 0.00000419. The van der Waals surface area contributed by atoms with Crippen LogP contribution in [0.5, 0.6) is 5.75 Å². The number of benzene rings is 4. The van der Waals surface area contributed by atoms with Crippen LogP contribution in [0.4, 0.5) is 4.79 Å². The summed E-state index contributed by atoms with van der Waals surface area (Å²) in [6.45, 7) is 9.52. The Bertz CT molecular complexity index is 3020. The molecule has 7 atom stereocenters. The van der Waals surface area contributed by atoms with Crippen LogP contribution in [0.25, 0.3) is 10.8 Å². The molecule has 0 aliphatic carbocycles. The molecule has 26 nitrogen and oxygen atoms in total. The summed E-state index contributed by atoms with van der Waals surface area (Å²) in [6, 6.07) is 17.7. The number of unbranched alkanes of at least 4 members (excludes halogenated alkanes) is 2. The number of hydrogen-bond donors (Lipinski definition) is 15. The van der Waals surface area contributed by atoms with E-state index < -0.39 is 120 Å². The van der Waals surface area contributed by atoms with Gasteiger partial charge in [-0.05, 0) is 110 Å². The van der Waals surface area contributed by atoms with Crippen molar-refractivity contribution in [2.24, 2.45) is 11.5 Å². The molecular formula is C64H91N13O13. The monoisotopic (exact) mass is 1250 g/mol. The first-order chi connectivity index (χ1) is 42.9. The van der Waals surface area contributed by atoms with E-state index in [0.29, 0.717) is 55.5 Å². The predicted octanol–water partition coefficient (Wildman–Crippen LogP) is 1.24. The van der Waals surface area contributed by atoms with Crippen molar-refractivity contribution in [2.45, 2.75) is 172 Å². The number of carbonyl (C=O) groups excluding carboxylic acids is 10. The number of aliphatic carboxylic acids is 1. The molecule has 90 heavy (non-hydrogen) atoms. The second-order valence-electron chi connectivity index (χ2n) is 22.8. The molecule has 5 rings (SSSR count). The molecule has 0 bridgehead atoms. The van der Waals surface area contributed by atoms with E-state index in [2.05, 4.69) is 58.5 Å². The van der Waals surface area contributed by atoms with Crippen molar-refractivity contribution in [3.05, 3.63) is 114 Å². The number of phenolic OH excluding ortho intramolecular Hbond substituents is 1. The number of urea groups is 1. The second-order valence-corrected chi connectivity index (χ2v) is 22.8. The standard InChI is InChI=1S/C62H87N13O11.C2H4O2/c1-38(2)65-30-12-10-19-46(55(63)79)71-59(83)49-28-29-53(77)70-51(34-40-15-6-5-7-16-40)60(84)75-52(35-41-23-26-45(76)27-24-41)61(85)73-47(20-11-13-31-66-39(3)4)57(81)72-48(21-14-32-67-62(64)86)58(82)74-50(56(80)68-37-54(78)69-49)36-42-22-25-43-17-8-9-18-44(43)33-42;1-2(3)4/h5-9,15-18,22-27,33,38-39,46-52,65-66,76H,10-14,19-21,28-32,34-37H2,1-4H3,(H2,63,79)(H,68,80)(H,69,78)(H,70,77)(H,71,83)(H,72,81)(H,73,85)(H,74,82)(H,75,84)(H3,64,67,86);1H3,(H,3,4)/t46-,47?,48?,49?,50?,51?,52-;/m0./s1. The third-order valence-electron chi connectivity index (χ3n) is 14.4. The lowest BCUT2D eigenvalue weighted by Gasteiger charge is -2.27. The Morgan fingerprint density at radius 3 is 1.61 bits per heavy atom. The third-order valence-corrected chi connectivity index (χ3v) is 14.4. The lowest BCUT2D eigenvalue weighted by Crippen LogP contribution is -2.60. The van der Waals surface area contributed by atoms with Gasteiger partial charge in [-0.25, -0.2) is 4.79 Å². The number of hydrogen-bond acceptors (Lipinski definition) is 14. The molecule has 490 valence electrons. The maximum Gasteiger partial charge on any atom is 0.312 e. The fourth-order valence-electron chi connectivity index (χ4n) is 9.72. The van der Waals surface area contributed by atoms with Gasteiger partial charge >= 0.3 is 6.03 Å². The Kier molecular flexibility index (Phi) is 31.7. The highest BCUT2D eigenvalue weighted by Gasteiger charge is 2.34. The van der Waals surface area contributed by atoms with Crippen molar-refractivity contribution in [3.8, 4) is 5.75 Å². The van der Waals surface area contributed by atoms with E-state index in [4.69, 9.17) is 21.4 Å². The number of carboxylic acid groups (broad SMARTS) is 1. The number of fused-ring (bicyclic) bond motifs is 1. The zero-order valence-corrected chi connectivity index (χ0v) is 52.0. The third kappa shape index (κ3) is 28.3. The van der Waals surface area contributed by atoms with Gasteiger partial charge in [-0.2, -0.15) is 0 Å². The minimum atomic E-state index is -1.50. The molecule has 1 heterocycles. The van der Waals surface area contributed by atoms with Crippen LogP contribution >= 0.6 is 0 Å². The molecule has 1 fully saturated rings. The van der Waals surface area contributed by atoms with Crippen LogP contribution in [0.15, 0.2) is 97.1 Å². The van der Waals surface area contributed by atoms with Gasteiger partial charge < -0.3 is 80.2 Å². The molecule has 0 spiro atoms. The van der Waals surface area contributed by atoms with Crippen molar-refractivity contribution < 1.29 is 63.0 Å². The van der Waals surface area contributed by atoms with Gasteiger partial charge in [0.1, 0.15) is 48.0 Å². The van der Waals surface area contributed by atoms with Gasteiger partial charge in [-0.1, -0.05) is 113 Å². The molecular weight excluding hydrogens is 1160 g/mol. The van der Waals surface area contributed by atoms with Crippen LogP contribution < -0.4 is 70.0 Å². The first-order valence-corrected chi connectivity index (χ1v) is 30.5. The van der Waals surface area contributed by atoms with Crippen LogP contribution in [-0.2, 0) is 67.2 Å². The number of carbonyl (C=O) groups is 11. The smallest absolute Gasteiger partial charge is 0.312 e. The number of rotatable bonds is 25. The first-order valence-electron chi connectivity index (χ1n) is 30.5. The van der Waals surface area contributed by atoms with Crippen LogP contribution in [-0.4, -0.2) is 156 Å². The van der Waals surface area contributed by atoms with E-state index in [-0.39, 0.29) is 75.7 Å². The number of amides is 11. The van der Waals surface area contributed by atoms with Crippen LogP contribution in [0.2, 0.25) is 0 Å². The number of nitrogens with one attached hydrogen (secondary N) is 11. The molecule has 4 aromatic carbocycles. The minimum Gasteiger partial charge on any atom is -0.508 e. The molecule has 4 aromatic rings. The molecule has 26 heteroatoms. The molecule has 5 unspecified atom stereocenters. The zero-order chi connectivity index (χ0) is 66.1. The van der Waals surface area contributed by atoms with E-state index in [9.17, 15) is 53.1 Å². The van der Waals surface area contributed by atoms with E-state index in [1.54, 1.807) is 48.5 Å². The summed E-state index contributed by atoms with van der Waals surface area (Å²) in [5.74, 6) is -8.26. The molecule has 0 aromatic heterocycles. The summed E-state index contributed by atoms with van der Waals surface area (Å²) in [5, 5.41) is 50.1. The number of carboxylic acids is 1. The van der Waals surface area contributed by atoms with Gasteiger partial charge in [0.25, 0.3) is 5.97 Å². The Morgan fingerprint density at radius 1 is 0.544 bits per heavy atom. The molecule has 1 aliphatic heterocycles. The van der Waals surface area contributed by atoms with E-state index in [1.807, 2.05) is 64.1 Å². The number of phenols is 1. The normalized spacial score (nSPS) is 19.5. The average Bonchev–Trinajstić information content (AvgIpc) is 1.12. The summed E-state index contributed by atoms with van der Waals surface area (Å²) in [4.78, 5) is 149. The van der Waals surface area contributed by atoms with Gasteiger partial charge in [0.05, 0.1) is 6.54 Å². The number of nitrogens with two attached hydrogens (primary N) is 2. The van der Waals surface area contributed by atoms with E-state index in [0.717, 1.165) is 17.7 Å². The average molecular weight is 1250 g/mol. The van der Waals surface area contributed by atoms with E-state index >= 15 is 0 Å². The Hall–Kier alpha value is -9.17. The highest BCUT2D eigenvalue weighted by Crippen LogP contribution is 2.18. The lowest BCUT2D eigenvalue weighted by molar-refractivity contribution is -0.135. The van der Waals surface area contributed by atoms with Crippen molar-refractivity contribution in [3.63, 3.8) is 0 Å². The summed E-state index contributed by atoms with van der Waals surface area (Å²) in [6.07, 6.45) is 1.17. The quantitative estimate of drug-likeness (QED) is 0.0415. The minimum absolute atomic E-state index is 0.00314. The fraction of sp³-hybridized carbons (Fsp3) is 0.484. The van der Waals surface area contributed by atoms with Crippen molar-refractivity contribution >= 4 is 75.9 Å². The fourth-order valence-corrected chi connectivity index (χ4v) is 9.72. The summed E-state index contributed by atoms with van der Waals surface area (Å²) >= 11 is 0. The second kappa shape index (κ2) is 39.0. The number of primary amides is 2. The van der Waals surface area contributed by atoms with Crippen LogP contribution in [0, 0.1) is 0 Å². The summed E-state index contributed by atoms with van der Waals surface area (Å²) in [5.41, 5.74) is 12.9. The topological polar surface area (TPSA) is 413 Å². The van der Waals surface area contributed by atoms with Crippen molar-refractivity contribution in [1.82, 2.24) is 58.5 Å². The Morgan fingerprint density at radius 2 is 1.03 bits per heavy atom. The zero-order valence-electron chi connectivity index (χ0n) is 52.0. The van der Waals surface area contributed by atoms with Gasteiger partial charge in [0.2, 0.25) is 53.2 Å². The molecule has 11 amide bonds. The number of aromatic hydroxyl groups is 1. The summed E-state index contributed by atoms with van der Waals surface area (Å²) in [7, 11) is 0. The van der Waals surface area contributed by atoms with Crippen molar-refractivity contribution in [2.75, 3.05) is 26.2 Å². The SMILES string of the molecule is CC(=O)O.CC(C)NCCCCC1NC(=O)[C@H](Cc2ccc(O)cc2)NC(=O)C(Cc2ccccc2)NC(=O)CCC(C(=O)N[C@@H](CCCCNC(C)C)C(N)=O)NC(=O)CNC(=O)C(Cc2ccc3ccccc3c2)NC(=O)C(CCCNC(N)=O)NC1=O. The molecule has 0 radical (unpaired) electrons. The van der Waals surface area contributed by atoms with Gasteiger partial charge in [0, 0.05) is 51.2 Å². The van der Waals surface area contributed by atoms with Gasteiger partial charge in [-0.15, -0.1) is 0 Å². The van der Waals surface area contributed by atoms with Crippen LogP contribution in [0.3, 0.4) is 0 Å². The molecule has 17 N–H and O–H groups in total. The largest absolute Gasteiger partial charge is 0.508 e. The van der Waals surface area contributed by atoms with Gasteiger partial charge in [-0.3, -0.25) is 47.9 Å². The molecule has 0 saturated carbocycles. The molecule has 1 aliphatic rings. The maximum absolute atomic E-state index is 14.9. The molecule has 1 saturated heterocycles. The Labute approximate surface area is 525 Å². The van der Waals surface area contributed by atoms with Crippen molar-refractivity contribution in [1.29, 1.82) is 0 Å². The summed E-state index contributed by atoms with van der Waals surface area (Å²) < 4.78 is 0. The lowest BCUT2D eigenvalue weighted by atomic mass is 10.00. The maximum atomic E-state index is 14.9. The first kappa shape index (κ1) is 73.3. The van der Waals surface area contributed by atoms with Crippen LogP contribution in [0.1, 0.15) is 116 Å². The predicted molar refractivity (Wildman–Crippen MR) is 339 cm³/mol. The highest BCUT2D eigenvalue weighted by molar-refractivity contribution is 5.98. The van der Waals surface area contributed by atoms with Gasteiger partial charge in [0.15, 0.2) is 0 Å². The van der Waals surface area contributed by atoms with E-state index in [1.165, 1.54) is 12.1 Å². The highest BCUT2D eigenvalue weighted by atomic mass is 16.4.